The van der Waals surface area contributed by atoms with E-state index in [9.17, 15) is 14.0 Å². The number of hydrogen-bond donors (Lipinski definition) is 0. The van der Waals surface area contributed by atoms with Gasteiger partial charge in [-0.15, -0.1) is 0 Å². The van der Waals surface area contributed by atoms with Gasteiger partial charge in [0.1, 0.15) is 18.2 Å². The first-order valence-electron chi connectivity index (χ1n) is 14.8. The van der Waals surface area contributed by atoms with Crippen LogP contribution in [0.25, 0.3) is 6.08 Å². The Kier molecular flexibility index (Phi) is 11.0. The van der Waals surface area contributed by atoms with Crippen molar-refractivity contribution >= 4 is 68.6 Å². The standard InChI is InChI=1S/C35H33FI2N2O4S/c1-5-9-28-30(34(42)43-6-2)31(22-14-12-21(13-15-22)20(3)4)40-33(41)29(45-35(40)39-28)17-24-16-25(37)18-27(38)32(24)44-19-23-10-7-8-11-26(23)36/h7-8,10-18,20,31H,5-6,9,19H2,1-4H3/b29-17-/t31-/m0/s1. The van der Waals surface area contributed by atoms with Gasteiger partial charge in [-0.05, 0) is 99.8 Å². The highest BCUT2D eigenvalue weighted by molar-refractivity contribution is 14.1. The molecule has 1 aliphatic rings. The minimum Gasteiger partial charge on any atom is -0.487 e. The highest BCUT2D eigenvalue weighted by atomic mass is 127. The third-order valence-corrected chi connectivity index (χ3v) is 9.87. The zero-order valence-corrected chi connectivity index (χ0v) is 30.5. The van der Waals surface area contributed by atoms with Crippen molar-refractivity contribution in [1.29, 1.82) is 0 Å². The Morgan fingerprint density at radius 1 is 1.11 bits per heavy atom. The summed E-state index contributed by atoms with van der Waals surface area (Å²) in [5.74, 6) is 0.0929. The molecule has 1 aliphatic heterocycles. The van der Waals surface area contributed by atoms with Gasteiger partial charge in [-0.2, -0.15) is 0 Å². The van der Waals surface area contributed by atoms with E-state index < -0.39 is 12.0 Å². The molecule has 6 nitrogen and oxygen atoms in total. The number of carbonyl (C=O) groups is 1. The van der Waals surface area contributed by atoms with Gasteiger partial charge in [0, 0.05) is 14.7 Å². The number of benzene rings is 3. The molecule has 0 amide bonds. The van der Waals surface area contributed by atoms with Crippen molar-refractivity contribution in [2.24, 2.45) is 4.99 Å². The quantitative estimate of drug-likeness (QED) is 0.122. The molecule has 0 fully saturated rings. The molecule has 0 unspecified atom stereocenters. The molecule has 0 N–H and O–H groups in total. The van der Waals surface area contributed by atoms with Gasteiger partial charge < -0.3 is 9.47 Å². The molecule has 2 heterocycles. The fourth-order valence-corrected chi connectivity index (χ4v) is 8.30. The van der Waals surface area contributed by atoms with Gasteiger partial charge in [0.25, 0.3) is 5.56 Å². The number of halogens is 3. The topological polar surface area (TPSA) is 69.9 Å². The summed E-state index contributed by atoms with van der Waals surface area (Å²) >= 11 is 5.71. The maximum atomic E-state index is 14.4. The van der Waals surface area contributed by atoms with Gasteiger partial charge in [0.05, 0.1) is 32.0 Å². The van der Waals surface area contributed by atoms with Crippen molar-refractivity contribution < 1.29 is 18.7 Å². The van der Waals surface area contributed by atoms with E-state index in [2.05, 4.69) is 59.0 Å². The van der Waals surface area contributed by atoms with Gasteiger partial charge in [-0.3, -0.25) is 9.36 Å². The summed E-state index contributed by atoms with van der Waals surface area (Å²) in [4.78, 5) is 33.2. The summed E-state index contributed by atoms with van der Waals surface area (Å²) in [6.07, 6.45) is 3.15. The molecule has 0 saturated carbocycles. The molecule has 0 bridgehead atoms. The van der Waals surface area contributed by atoms with E-state index >= 15 is 0 Å². The molecule has 45 heavy (non-hydrogen) atoms. The van der Waals surface area contributed by atoms with Crippen LogP contribution in [0.1, 0.15) is 74.8 Å². The summed E-state index contributed by atoms with van der Waals surface area (Å²) in [5, 5.41) is 0. The lowest BCUT2D eigenvalue weighted by molar-refractivity contribution is -0.139. The first kappa shape index (κ1) is 33.5. The van der Waals surface area contributed by atoms with Crippen LogP contribution in [0, 0.1) is 13.0 Å². The lowest BCUT2D eigenvalue weighted by atomic mass is 9.92. The van der Waals surface area contributed by atoms with Crippen molar-refractivity contribution in [3.8, 4) is 5.75 Å². The van der Waals surface area contributed by atoms with Gasteiger partial charge in [-0.1, -0.05) is 81.0 Å². The second-order valence-electron chi connectivity index (χ2n) is 10.9. The van der Waals surface area contributed by atoms with Crippen LogP contribution < -0.4 is 19.6 Å². The number of ether oxygens (including phenoxy) is 2. The molecule has 0 saturated heterocycles. The highest BCUT2D eigenvalue weighted by Gasteiger charge is 2.34. The predicted molar refractivity (Wildman–Crippen MR) is 193 cm³/mol. The first-order valence-corrected chi connectivity index (χ1v) is 17.8. The van der Waals surface area contributed by atoms with Crippen LogP contribution in [0.5, 0.6) is 5.75 Å². The lowest BCUT2D eigenvalue weighted by Gasteiger charge is -2.26. The normalized spacial score (nSPS) is 14.8. The van der Waals surface area contributed by atoms with Gasteiger partial charge in [0.2, 0.25) is 0 Å². The molecule has 4 aromatic rings. The third-order valence-electron chi connectivity index (χ3n) is 7.46. The lowest BCUT2D eigenvalue weighted by Crippen LogP contribution is -2.40. The summed E-state index contributed by atoms with van der Waals surface area (Å²) in [6.45, 7) is 8.32. The average molecular weight is 851 g/mol. The Hall–Kier alpha value is -2.84. The number of aromatic nitrogens is 1. The van der Waals surface area contributed by atoms with Crippen LogP contribution in [0.15, 0.2) is 81.7 Å². The average Bonchev–Trinajstić information content (AvgIpc) is 3.31. The predicted octanol–water partition coefficient (Wildman–Crippen LogP) is 7.63. The molecule has 1 aromatic heterocycles. The number of fused-ring (bicyclic) bond motifs is 1. The summed E-state index contributed by atoms with van der Waals surface area (Å²) < 4.78 is 29.9. The van der Waals surface area contributed by atoms with Gasteiger partial charge in [0.15, 0.2) is 4.80 Å². The number of esters is 1. The number of carbonyl (C=O) groups excluding carboxylic acids is 1. The highest BCUT2D eigenvalue weighted by Crippen LogP contribution is 2.34. The summed E-state index contributed by atoms with van der Waals surface area (Å²) in [5.41, 5.74) is 3.89. The minimum atomic E-state index is -0.682. The Bertz CT molecular complexity index is 1950. The molecule has 234 valence electrons. The Morgan fingerprint density at radius 3 is 2.51 bits per heavy atom. The largest absolute Gasteiger partial charge is 0.487 e. The Labute approximate surface area is 293 Å². The van der Waals surface area contributed by atoms with Crippen LogP contribution >= 0.6 is 56.5 Å². The second-order valence-corrected chi connectivity index (χ2v) is 14.3. The Balaban J connectivity index is 1.68. The van der Waals surface area contributed by atoms with Crippen molar-refractivity contribution in [3.05, 3.63) is 127 Å². The third kappa shape index (κ3) is 7.27. The molecule has 3 aromatic carbocycles. The SMILES string of the molecule is CCCC1=C(C(=O)OCC)[C@H](c2ccc(C(C)C)cc2)n2c(s/c(=C\c3cc(I)cc(I)c3OCc3ccccc3F)c2=O)=N1. The van der Waals surface area contributed by atoms with E-state index in [1.165, 1.54) is 17.4 Å². The van der Waals surface area contributed by atoms with Crippen LogP contribution in [0.4, 0.5) is 4.39 Å². The smallest absolute Gasteiger partial charge is 0.338 e. The molecule has 5 rings (SSSR count). The van der Waals surface area contributed by atoms with Crippen molar-refractivity contribution in [1.82, 2.24) is 4.57 Å². The van der Waals surface area contributed by atoms with E-state index in [0.29, 0.717) is 49.8 Å². The maximum absolute atomic E-state index is 14.4. The molecular formula is C35H33FI2N2O4S. The van der Waals surface area contributed by atoms with Crippen molar-refractivity contribution in [2.45, 2.75) is 59.1 Å². The van der Waals surface area contributed by atoms with Gasteiger partial charge >= 0.3 is 5.97 Å². The number of hydrogen-bond acceptors (Lipinski definition) is 6. The van der Waals surface area contributed by atoms with Crippen LogP contribution in [-0.4, -0.2) is 17.1 Å². The van der Waals surface area contributed by atoms with Crippen LogP contribution in [0.3, 0.4) is 0 Å². The fourth-order valence-electron chi connectivity index (χ4n) is 5.25. The monoisotopic (exact) mass is 850 g/mol. The second kappa shape index (κ2) is 14.7. The molecular weight excluding hydrogens is 817 g/mol. The molecule has 0 aliphatic carbocycles. The van der Waals surface area contributed by atoms with Crippen molar-refractivity contribution in [2.75, 3.05) is 6.61 Å². The molecule has 0 radical (unpaired) electrons. The number of allylic oxidation sites excluding steroid dienone is 1. The summed E-state index contributed by atoms with van der Waals surface area (Å²) in [6, 6.07) is 17.8. The maximum Gasteiger partial charge on any atom is 0.338 e. The van der Waals surface area contributed by atoms with E-state index in [0.717, 1.165) is 24.7 Å². The molecule has 0 spiro atoms. The van der Waals surface area contributed by atoms with Crippen LogP contribution in [0.2, 0.25) is 0 Å². The van der Waals surface area contributed by atoms with Gasteiger partial charge in [-0.25, -0.2) is 14.2 Å². The number of thiazole rings is 1. The first-order chi connectivity index (χ1) is 21.6. The van der Waals surface area contributed by atoms with E-state index in [-0.39, 0.29) is 24.6 Å². The molecule has 10 heteroatoms. The zero-order valence-electron chi connectivity index (χ0n) is 25.4. The zero-order chi connectivity index (χ0) is 32.2. The van der Waals surface area contributed by atoms with Crippen molar-refractivity contribution in [3.63, 3.8) is 0 Å². The van der Waals surface area contributed by atoms with E-state index in [4.69, 9.17) is 14.5 Å². The number of rotatable bonds is 10. The Morgan fingerprint density at radius 2 is 1.84 bits per heavy atom. The summed E-state index contributed by atoms with van der Waals surface area (Å²) in [7, 11) is 0. The minimum absolute atomic E-state index is 0.0427. The van der Waals surface area contributed by atoms with Crippen LogP contribution in [-0.2, 0) is 16.1 Å². The number of nitrogens with zero attached hydrogens (tertiary/aromatic N) is 2. The molecule has 1 atom stereocenters. The fraction of sp³-hybridized carbons (Fsp3) is 0.286. The van der Waals surface area contributed by atoms with E-state index in [1.54, 1.807) is 35.8 Å². The van der Waals surface area contributed by atoms with E-state index in [1.807, 2.05) is 43.3 Å².